The first-order valence-corrected chi connectivity index (χ1v) is 6.66. The summed E-state index contributed by atoms with van der Waals surface area (Å²) in [4.78, 5) is 0. The average molecular weight is 245 g/mol. The number of nitrogens with zero attached hydrogens (tertiary/aromatic N) is 1. The third kappa shape index (κ3) is 2.57. The molecule has 0 spiro atoms. The van der Waals surface area contributed by atoms with E-state index in [1.165, 1.54) is 16.5 Å². The van der Waals surface area contributed by atoms with Crippen molar-refractivity contribution in [2.45, 2.75) is 32.4 Å². The molecular weight excluding hydrogens is 222 g/mol. The van der Waals surface area contributed by atoms with Gasteiger partial charge in [0.2, 0.25) is 0 Å². The molecule has 98 valence electrons. The predicted molar refractivity (Wildman–Crippen MR) is 77.6 cm³/mol. The summed E-state index contributed by atoms with van der Waals surface area (Å²) in [5.41, 5.74) is 8.57. The van der Waals surface area contributed by atoms with Gasteiger partial charge in [0.15, 0.2) is 0 Å². The lowest BCUT2D eigenvalue weighted by Crippen LogP contribution is -2.34. The number of rotatable bonds is 5. The number of aromatic nitrogens is 1. The Balaban J connectivity index is 2.19. The summed E-state index contributed by atoms with van der Waals surface area (Å²) in [5.74, 6) is 0. The molecule has 0 fully saturated rings. The average Bonchev–Trinajstić information content (AvgIpc) is 2.77. The van der Waals surface area contributed by atoms with E-state index < -0.39 is 0 Å². The summed E-state index contributed by atoms with van der Waals surface area (Å²) < 4.78 is 2.16. The minimum absolute atomic E-state index is 0.238. The lowest BCUT2D eigenvalue weighted by atomic mass is 10.0. The molecule has 3 nitrogen and oxygen atoms in total. The zero-order chi connectivity index (χ0) is 13.1. The van der Waals surface area contributed by atoms with Crippen LogP contribution in [0.4, 0.5) is 0 Å². The standard InChI is InChI=1S/C15H23N3/c1-4-12(16)10-17-11(2)13-6-5-7-15-14(13)8-9-18(15)3/h5-9,11-12,17H,4,10,16H2,1-3H3. The van der Waals surface area contributed by atoms with E-state index in [1.807, 2.05) is 0 Å². The van der Waals surface area contributed by atoms with Crippen molar-refractivity contribution in [2.75, 3.05) is 6.54 Å². The molecule has 3 N–H and O–H groups in total. The maximum atomic E-state index is 5.95. The maximum absolute atomic E-state index is 5.95. The van der Waals surface area contributed by atoms with E-state index in [4.69, 9.17) is 5.73 Å². The number of nitrogens with two attached hydrogens (primary N) is 1. The van der Waals surface area contributed by atoms with E-state index in [1.54, 1.807) is 0 Å². The highest BCUT2D eigenvalue weighted by Gasteiger charge is 2.11. The Kier molecular flexibility index (Phi) is 4.04. The van der Waals surface area contributed by atoms with E-state index in [-0.39, 0.29) is 6.04 Å². The molecule has 1 heterocycles. The van der Waals surface area contributed by atoms with Crippen LogP contribution in [-0.4, -0.2) is 17.2 Å². The normalized spacial score (nSPS) is 14.9. The van der Waals surface area contributed by atoms with Gasteiger partial charge in [-0.25, -0.2) is 0 Å². The molecule has 2 atom stereocenters. The lowest BCUT2D eigenvalue weighted by Gasteiger charge is -2.18. The van der Waals surface area contributed by atoms with Crippen LogP contribution in [0.5, 0.6) is 0 Å². The van der Waals surface area contributed by atoms with Gasteiger partial charge >= 0.3 is 0 Å². The molecule has 2 rings (SSSR count). The molecule has 3 heteroatoms. The van der Waals surface area contributed by atoms with Crippen molar-refractivity contribution in [3.63, 3.8) is 0 Å². The van der Waals surface area contributed by atoms with E-state index >= 15 is 0 Å². The summed E-state index contributed by atoms with van der Waals surface area (Å²) in [6.07, 6.45) is 3.12. The van der Waals surface area contributed by atoms with Crippen molar-refractivity contribution in [3.8, 4) is 0 Å². The van der Waals surface area contributed by atoms with E-state index in [0.29, 0.717) is 6.04 Å². The van der Waals surface area contributed by atoms with Crippen molar-refractivity contribution in [3.05, 3.63) is 36.0 Å². The summed E-state index contributed by atoms with van der Waals surface area (Å²) in [7, 11) is 2.08. The largest absolute Gasteiger partial charge is 0.351 e. The summed E-state index contributed by atoms with van der Waals surface area (Å²) in [5, 5.41) is 4.84. The van der Waals surface area contributed by atoms with Gasteiger partial charge < -0.3 is 15.6 Å². The Morgan fingerprint density at radius 1 is 1.33 bits per heavy atom. The molecule has 0 bridgehead atoms. The molecule has 0 saturated heterocycles. The number of hydrogen-bond acceptors (Lipinski definition) is 2. The Hall–Kier alpha value is -1.32. The molecule has 0 saturated carbocycles. The third-order valence-electron chi connectivity index (χ3n) is 3.64. The van der Waals surface area contributed by atoms with Crippen LogP contribution >= 0.6 is 0 Å². The Morgan fingerprint density at radius 2 is 2.11 bits per heavy atom. The fraction of sp³-hybridized carbons (Fsp3) is 0.467. The smallest absolute Gasteiger partial charge is 0.0481 e. The van der Waals surface area contributed by atoms with Gasteiger partial charge in [-0.1, -0.05) is 19.1 Å². The monoisotopic (exact) mass is 245 g/mol. The molecule has 0 radical (unpaired) electrons. The van der Waals surface area contributed by atoms with Gasteiger partial charge in [-0.2, -0.15) is 0 Å². The molecule has 1 aromatic carbocycles. The summed E-state index contributed by atoms with van der Waals surface area (Å²) in [6.45, 7) is 5.18. The molecule has 0 aliphatic heterocycles. The Morgan fingerprint density at radius 3 is 2.83 bits per heavy atom. The van der Waals surface area contributed by atoms with Crippen LogP contribution in [0.3, 0.4) is 0 Å². The summed E-state index contributed by atoms with van der Waals surface area (Å²) >= 11 is 0. The highest BCUT2D eigenvalue weighted by molar-refractivity contribution is 5.84. The molecule has 2 aromatic rings. The van der Waals surface area contributed by atoms with Crippen molar-refractivity contribution in [1.29, 1.82) is 0 Å². The Labute approximate surface area is 109 Å². The molecule has 18 heavy (non-hydrogen) atoms. The first kappa shape index (κ1) is 13.1. The van der Waals surface area contributed by atoms with Crippen LogP contribution in [0.1, 0.15) is 31.9 Å². The van der Waals surface area contributed by atoms with Gasteiger partial charge in [-0.05, 0) is 31.0 Å². The second kappa shape index (κ2) is 5.55. The van der Waals surface area contributed by atoms with Gasteiger partial charge in [0, 0.05) is 42.8 Å². The molecule has 0 aliphatic carbocycles. The SMILES string of the molecule is CCC(N)CNC(C)c1cccc2c1ccn2C. The highest BCUT2D eigenvalue weighted by atomic mass is 14.9. The number of benzene rings is 1. The third-order valence-corrected chi connectivity index (χ3v) is 3.64. The minimum Gasteiger partial charge on any atom is -0.351 e. The second-order valence-corrected chi connectivity index (χ2v) is 5.00. The van der Waals surface area contributed by atoms with E-state index in [2.05, 4.69) is 61.2 Å². The van der Waals surface area contributed by atoms with Crippen LogP contribution in [0.15, 0.2) is 30.5 Å². The second-order valence-electron chi connectivity index (χ2n) is 5.00. The van der Waals surface area contributed by atoms with Crippen LogP contribution in [-0.2, 0) is 7.05 Å². The quantitative estimate of drug-likeness (QED) is 0.850. The fourth-order valence-corrected chi connectivity index (χ4v) is 2.29. The van der Waals surface area contributed by atoms with Gasteiger partial charge in [0.25, 0.3) is 0 Å². The number of hydrogen-bond donors (Lipinski definition) is 2. The molecular formula is C15H23N3. The molecule has 0 amide bonds. The molecule has 1 aromatic heterocycles. The fourth-order valence-electron chi connectivity index (χ4n) is 2.29. The van der Waals surface area contributed by atoms with Crippen LogP contribution in [0, 0.1) is 0 Å². The van der Waals surface area contributed by atoms with E-state index in [0.717, 1.165) is 13.0 Å². The minimum atomic E-state index is 0.238. The highest BCUT2D eigenvalue weighted by Crippen LogP contribution is 2.24. The number of fused-ring (bicyclic) bond motifs is 1. The lowest BCUT2D eigenvalue weighted by molar-refractivity contribution is 0.510. The first-order chi connectivity index (χ1) is 8.63. The van der Waals surface area contributed by atoms with Crippen LogP contribution < -0.4 is 11.1 Å². The zero-order valence-electron chi connectivity index (χ0n) is 11.5. The number of nitrogens with one attached hydrogen (secondary N) is 1. The number of aryl methyl sites for hydroxylation is 1. The van der Waals surface area contributed by atoms with Gasteiger partial charge in [0.05, 0.1) is 0 Å². The molecule has 2 unspecified atom stereocenters. The van der Waals surface area contributed by atoms with Gasteiger partial charge in [-0.3, -0.25) is 0 Å². The zero-order valence-corrected chi connectivity index (χ0v) is 11.5. The predicted octanol–water partition coefficient (Wildman–Crippen LogP) is 2.57. The van der Waals surface area contributed by atoms with Crippen LogP contribution in [0.25, 0.3) is 10.9 Å². The van der Waals surface area contributed by atoms with Gasteiger partial charge in [-0.15, -0.1) is 0 Å². The Bertz CT molecular complexity index is 515. The van der Waals surface area contributed by atoms with Crippen molar-refractivity contribution >= 4 is 10.9 Å². The van der Waals surface area contributed by atoms with Crippen LogP contribution in [0.2, 0.25) is 0 Å². The molecule has 0 aliphatic rings. The van der Waals surface area contributed by atoms with Crippen molar-refractivity contribution in [1.82, 2.24) is 9.88 Å². The van der Waals surface area contributed by atoms with Crippen molar-refractivity contribution in [2.24, 2.45) is 12.8 Å². The first-order valence-electron chi connectivity index (χ1n) is 6.66. The van der Waals surface area contributed by atoms with Crippen molar-refractivity contribution < 1.29 is 0 Å². The summed E-state index contributed by atoms with van der Waals surface area (Å²) in [6, 6.07) is 9.22. The van der Waals surface area contributed by atoms with Gasteiger partial charge in [0.1, 0.15) is 0 Å². The van der Waals surface area contributed by atoms with E-state index in [9.17, 15) is 0 Å². The maximum Gasteiger partial charge on any atom is 0.0481 e. The topological polar surface area (TPSA) is 43.0 Å².